The molecule has 1 rings (SSSR count). The predicted molar refractivity (Wildman–Crippen MR) is 84.4 cm³/mol. The largest absolute Gasteiger partial charge is 0.372 e. The number of thiocarbonyl (C=S) groups is 1. The fraction of sp³-hybridized carbons (Fsp3) is 0.357. The summed E-state index contributed by atoms with van der Waals surface area (Å²) in [6.07, 6.45) is 1.78. The Morgan fingerprint density at radius 2 is 1.89 bits per heavy atom. The third kappa shape index (κ3) is 4.37. The number of hydrogen-bond donors (Lipinski definition) is 2. The maximum absolute atomic E-state index is 5.15. The first kappa shape index (κ1) is 14.5. The molecule has 0 atom stereocenters. The smallest absolute Gasteiger partial charge is 0.171 e. The number of nitrogens with one attached hydrogen (secondary N) is 2. The lowest BCUT2D eigenvalue weighted by Crippen LogP contribution is -2.28. The maximum atomic E-state index is 5.15. The molecule has 0 aliphatic rings. The molecule has 2 N–H and O–H groups in total. The summed E-state index contributed by atoms with van der Waals surface area (Å²) >= 11 is 5.15. The van der Waals surface area contributed by atoms with Crippen molar-refractivity contribution >= 4 is 28.7 Å². The standard InChI is InChI=1S/C14H21N3S/c1-4-11-15-14(18)16-12-7-9-13(10-8-12)17(5-2)6-3/h4,7-10H,1,5-6,11H2,2-3H3,(H2,15,16,18). The van der Waals surface area contributed by atoms with Gasteiger partial charge >= 0.3 is 0 Å². The highest BCUT2D eigenvalue weighted by Gasteiger charge is 2.01. The Hall–Kier alpha value is -1.55. The van der Waals surface area contributed by atoms with Crippen molar-refractivity contribution in [2.45, 2.75) is 13.8 Å². The van der Waals surface area contributed by atoms with Crippen LogP contribution in [0.15, 0.2) is 36.9 Å². The minimum Gasteiger partial charge on any atom is -0.372 e. The van der Waals surface area contributed by atoms with Crippen LogP contribution >= 0.6 is 12.2 Å². The van der Waals surface area contributed by atoms with Gasteiger partial charge in [0.1, 0.15) is 0 Å². The summed E-state index contributed by atoms with van der Waals surface area (Å²) in [7, 11) is 0. The summed E-state index contributed by atoms with van der Waals surface area (Å²) in [5.74, 6) is 0. The fourth-order valence-electron chi connectivity index (χ4n) is 1.68. The highest BCUT2D eigenvalue weighted by molar-refractivity contribution is 7.80. The Bertz CT molecular complexity index is 383. The lowest BCUT2D eigenvalue weighted by molar-refractivity contribution is 0.866. The molecule has 0 aliphatic heterocycles. The zero-order valence-corrected chi connectivity index (χ0v) is 11.9. The van der Waals surface area contributed by atoms with E-state index < -0.39 is 0 Å². The van der Waals surface area contributed by atoms with Gasteiger partial charge in [-0.3, -0.25) is 0 Å². The van der Waals surface area contributed by atoms with E-state index in [1.807, 2.05) is 12.1 Å². The SMILES string of the molecule is C=CCNC(=S)Nc1ccc(N(CC)CC)cc1. The third-order valence-corrected chi connectivity index (χ3v) is 2.91. The van der Waals surface area contributed by atoms with E-state index in [2.05, 4.69) is 48.1 Å². The highest BCUT2D eigenvalue weighted by atomic mass is 32.1. The molecule has 1 aromatic carbocycles. The topological polar surface area (TPSA) is 27.3 Å². The van der Waals surface area contributed by atoms with Crippen molar-refractivity contribution < 1.29 is 0 Å². The van der Waals surface area contributed by atoms with Gasteiger partial charge in [-0.1, -0.05) is 6.08 Å². The van der Waals surface area contributed by atoms with E-state index in [0.29, 0.717) is 11.7 Å². The molecular formula is C14H21N3S. The minimum atomic E-state index is 0.616. The summed E-state index contributed by atoms with van der Waals surface area (Å²) in [5, 5.41) is 6.78. The Morgan fingerprint density at radius 3 is 2.39 bits per heavy atom. The van der Waals surface area contributed by atoms with E-state index in [4.69, 9.17) is 12.2 Å². The lowest BCUT2D eigenvalue weighted by atomic mass is 10.2. The van der Waals surface area contributed by atoms with Gasteiger partial charge in [0.05, 0.1) is 0 Å². The van der Waals surface area contributed by atoms with Crippen LogP contribution in [-0.4, -0.2) is 24.7 Å². The first-order valence-corrected chi connectivity index (χ1v) is 6.62. The predicted octanol–water partition coefficient (Wildman–Crippen LogP) is 3.01. The van der Waals surface area contributed by atoms with Crippen LogP contribution in [0.5, 0.6) is 0 Å². The number of rotatable bonds is 6. The van der Waals surface area contributed by atoms with E-state index in [1.165, 1.54) is 5.69 Å². The molecule has 18 heavy (non-hydrogen) atoms. The molecule has 0 saturated carbocycles. The van der Waals surface area contributed by atoms with Crippen LogP contribution in [0.25, 0.3) is 0 Å². The zero-order valence-electron chi connectivity index (χ0n) is 11.1. The van der Waals surface area contributed by atoms with Crippen molar-refractivity contribution in [2.75, 3.05) is 29.9 Å². The van der Waals surface area contributed by atoms with Crippen LogP contribution in [0.2, 0.25) is 0 Å². The molecule has 0 aromatic heterocycles. The Labute approximate surface area is 115 Å². The Kier molecular flexibility index (Phi) is 6.22. The minimum absolute atomic E-state index is 0.616. The molecule has 1 aromatic rings. The first-order chi connectivity index (χ1) is 8.71. The molecule has 0 unspecified atom stereocenters. The van der Waals surface area contributed by atoms with E-state index in [1.54, 1.807) is 6.08 Å². The molecule has 0 saturated heterocycles. The average molecular weight is 263 g/mol. The van der Waals surface area contributed by atoms with E-state index in [-0.39, 0.29) is 0 Å². The summed E-state index contributed by atoms with van der Waals surface area (Å²) in [4.78, 5) is 2.30. The van der Waals surface area contributed by atoms with Gasteiger partial charge in [-0.15, -0.1) is 6.58 Å². The molecule has 0 radical (unpaired) electrons. The maximum Gasteiger partial charge on any atom is 0.171 e. The number of benzene rings is 1. The highest BCUT2D eigenvalue weighted by Crippen LogP contribution is 2.17. The number of nitrogens with zero attached hydrogens (tertiary/aromatic N) is 1. The molecule has 0 heterocycles. The second-order valence-electron chi connectivity index (χ2n) is 3.84. The van der Waals surface area contributed by atoms with Crippen LogP contribution in [0.1, 0.15) is 13.8 Å². The van der Waals surface area contributed by atoms with Gasteiger partial charge in [-0.05, 0) is 50.3 Å². The molecule has 3 nitrogen and oxygen atoms in total. The Balaban J connectivity index is 2.59. The van der Waals surface area contributed by atoms with Crippen molar-refractivity contribution in [1.29, 1.82) is 0 Å². The average Bonchev–Trinajstić information content (AvgIpc) is 2.40. The van der Waals surface area contributed by atoms with Crippen LogP contribution in [0, 0.1) is 0 Å². The fourth-order valence-corrected chi connectivity index (χ4v) is 1.89. The third-order valence-electron chi connectivity index (χ3n) is 2.66. The van der Waals surface area contributed by atoms with Crippen molar-refractivity contribution in [3.63, 3.8) is 0 Å². The normalized spacial score (nSPS) is 9.67. The van der Waals surface area contributed by atoms with Gasteiger partial charge in [0.25, 0.3) is 0 Å². The van der Waals surface area contributed by atoms with E-state index in [9.17, 15) is 0 Å². The van der Waals surface area contributed by atoms with E-state index >= 15 is 0 Å². The van der Waals surface area contributed by atoms with Crippen LogP contribution in [-0.2, 0) is 0 Å². The van der Waals surface area contributed by atoms with Gasteiger partial charge in [0.15, 0.2) is 5.11 Å². The zero-order chi connectivity index (χ0) is 13.4. The number of anilines is 2. The van der Waals surface area contributed by atoms with Gasteiger partial charge in [0.2, 0.25) is 0 Å². The van der Waals surface area contributed by atoms with Gasteiger partial charge < -0.3 is 15.5 Å². The molecule has 0 spiro atoms. The molecule has 0 amide bonds. The van der Waals surface area contributed by atoms with Gasteiger partial charge in [0, 0.05) is 31.0 Å². The van der Waals surface area contributed by atoms with Crippen LogP contribution in [0.4, 0.5) is 11.4 Å². The molecule has 0 aliphatic carbocycles. The van der Waals surface area contributed by atoms with E-state index in [0.717, 1.165) is 18.8 Å². The monoisotopic (exact) mass is 263 g/mol. The summed E-state index contributed by atoms with van der Waals surface area (Å²) in [5.41, 5.74) is 2.22. The molecule has 0 fully saturated rings. The second-order valence-corrected chi connectivity index (χ2v) is 4.25. The van der Waals surface area contributed by atoms with Crippen molar-refractivity contribution in [3.05, 3.63) is 36.9 Å². The lowest BCUT2D eigenvalue weighted by Gasteiger charge is -2.21. The van der Waals surface area contributed by atoms with Crippen LogP contribution < -0.4 is 15.5 Å². The summed E-state index contributed by atoms with van der Waals surface area (Å²) in [6.45, 7) is 10.7. The number of hydrogen-bond acceptors (Lipinski definition) is 2. The van der Waals surface area contributed by atoms with Crippen LogP contribution in [0.3, 0.4) is 0 Å². The van der Waals surface area contributed by atoms with Gasteiger partial charge in [-0.2, -0.15) is 0 Å². The Morgan fingerprint density at radius 1 is 1.28 bits per heavy atom. The van der Waals surface area contributed by atoms with Gasteiger partial charge in [-0.25, -0.2) is 0 Å². The van der Waals surface area contributed by atoms with Crippen molar-refractivity contribution in [3.8, 4) is 0 Å². The summed E-state index contributed by atoms with van der Waals surface area (Å²) < 4.78 is 0. The molecule has 98 valence electrons. The molecule has 0 bridgehead atoms. The molecule has 4 heteroatoms. The van der Waals surface area contributed by atoms with Crippen molar-refractivity contribution in [1.82, 2.24) is 5.32 Å². The molecular weight excluding hydrogens is 242 g/mol. The summed E-state index contributed by atoms with van der Waals surface area (Å²) in [6, 6.07) is 8.28. The van der Waals surface area contributed by atoms with Crippen molar-refractivity contribution in [2.24, 2.45) is 0 Å². The second kappa shape index (κ2) is 7.71. The quantitative estimate of drug-likeness (QED) is 0.609. The first-order valence-electron chi connectivity index (χ1n) is 6.22.